The summed E-state index contributed by atoms with van der Waals surface area (Å²) in [6.45, 7) is 4.05. The number of para-hydroxylation sites is 1. The van der Waals surface area contributed by atoms with Crippen LogP contribution in [0.2, 0.25) is 5.02 Å². The Hall–Kier alpha value is -2.79. The van der Waals surface area contributed by atoms with Gasteiger partial charge in [-0.15, -0.1) is 0 Å². The Morgan fingerprint density at radius 3 is 2.81 bits per heavy atom. The van der Waals surface area contributed by atoms with Crippen molar-refractivity contribution < 1.29 is 9.53 Å². The Morgan fingerprint density at radius 2 is 2.08 bits per heavy atom. The summed E-state index contributed by atoms with van der Waals surface area (Å²) in [5.74, 6) is 1.26. The number of carbonyl (C=O) groups is 1. The van der Waals surface area contributed by atoms with E-state index < -0.39 is 6.10 Å². The Morgan fingerprint density at radius 1 is 1.27 bits per heavy atom. The number of nitrogens with zero attached hydrogens (tertiary/aromatic N) is 2. The third kappa shape index (κ3) is 4.24. The minimum atomic E-state index is -0.629. The van der Waals surface area contributed by atoms with Crippen LogP contribution in [0.25, 0.3) is 5.69 Å². The summed E-state index contributed by atoms with van der Waals surface area (Å²) in [4.78, 5) is 16.6. The van der Waals surface area contributed by atoms with Crippen LogP contribution in [-0.4, -0.2) is 21.6 Å². The predicted molar refractivity (Wildman–Crippen MR) is 102 cm³/mol. The molecule has 3 rings (SSSR count). The van der Waals surface area contributed by atoms with Crippen molar-refractivity contribution in [3.63, 3.8) is 0 Å². The van der Waals surface area contributed by atoms with E-state index in [1.165, 1.54) is 0 Å². The molecular weight excluding hydrogens is 350 g/mol. The second kappa shape index (κ2) is 8.06. The second-order valence-corrected chi connectivity index (χ2v) is 6.34. The highest BCUT2D eigenvalue weighted by atomic mass is 35.5. The van der Waals surface area contributed by atoms with Gasteiger partial charge in [0.2, 0.25) is 0 Å². The standard InChI is InChI=1S/C20H20ClN3O2/c1-14(26-18-8-5-7-17(21)12-18)20(25)23-13-16-6-3-4-9-19(16)24-11-10-22-15(24)2/h3-12,14H,13H2,1-2H3,(H,23,25). The van der Waals surface area contributed by atoms with Gasteiger partial charge in [0.15, 0.2) is 6.10 Å². The van der Waals surface area contributed by atoms with E-state index in [0.29, 0.717) is 17.3 Å². The van der Waals surface area contributed by atoms with E-state index in [9.17, 15) is 4.79 Å². The van der Waals surface area contributed by atoms with Gasteiger partial charge in [0.25, 0.3) is 5.91 Å². The minimum absolute atomic E-state index is 0.192. The fourth-order valence-corrected chi connectivity index (χ4v) is 2.83. The Bertz CT molecular complexity index is 907. The molecule has 1 heterocycles. The van der Waals surface area contributed by atoms with Gasteiger partial charge in [-0.1, -0.05) is 35.9 Å². The number of imidazole rings is 1. The molecule has 0 bridgehead atoms. The van der Waals surface area contributed by atoms with Gasteiger partial charge in [-0.25, -0.2) is 4.98 Å². The Kier molecular flexibility index (Phi) is 5.58. The molecule has 5 nitrogen and oxygen atoms in total. The molecule has 0 saturated heterocycles. The molecule has 3 aromatic rings. The number of amides is 1. The van der Waals surface area contributed by atoms with Crippen molar-refractivity contribution >= 4 is 17.5 Å². The summed E-state index contributed by atoms with van der Waals surface area (Å²) >= 11 is 5.94. The minimum Gasteiger partial charge on any atom is -0.481 e. The summed E-state index contributed by atoms with van der Waals surface area (Å²) in [6, 6.07) is 14.9. The number of rotatable bonds is 6. The number of benzene rings is 2. The number of aromatic nitrogens is 2. The Labute approximate surface area is 157 Å². The van der Waals surface area contributed by atoms with Gasteiger partial charge in [-0.05, 0) is 43.7 Å². The highest BCUT2D eigenvalue weighted by Gasteiger charge is 2.15. The Balaban J connectivity index is 1.66. The van der Waals surface area contributed by atoms with Gasteiger partial charge in [0.1, 0.15) is 11.6 Å². The molecule has 1 aromatic heterocycles. The molecule has 0 fully saturated rings. The van der Waals surface area contributed by atoms with Crippen LogP contribution in [0.15, 0.2) is 60.9 Å². The lowest BCUT2D eigenvalue weighted by Gasteiger charge is -2.16. The fraction of sp³-hybridized carbons (Fsp3) is 0.200. The van der Waals surface area contributed by atoms with Crippen molar-refractivity contribution in [3.8, 4) is 11.4 Å². The largest absolute Gasteiger partial charge is 0.481 e. The maximum Gasteiger partial charge on any atom is 0.261 e. The first-order valence-corrected chi connectivity index (χ1v) is 8.70. The van der Waals surface area contributed by atoms with E-state index in [1.54, 1.807) is 37.4 Å². The summed E-state index contributed by atoms with van der Waals surface area (Å²) in [7, 11) is 0. The quantitative estimate of drug-likeness (QED) is 0.716. The molecule has 0 saturated carbocycles. The first kappa shape index (κ1) is 18.0. The highest BCUT2D eigenvalue weighted by molar-refractivity contribution is 6.30. The fourth-order valence-electron chi connectivity index (χ4n) is 2.65. The number of hydrogen-bond acceptors (Lipinski definition) is 3. The molecule has 134 valence electrons. The lowest BCUT2D eigenvalue weighted by molar-refractivity contribution is -0.127. The molecule has 0 aliphatic heterocycles. The first-order valence-electron chi connectivity index (χ1n) is 8.33. The van der Waals surface area contributed by atoms with Gasteiger partial charge >= 0.3 is 0 Å². The van der Waals surface area contributed by atoms with Crippen LogP contribution in [-0.2, 0) is 11.3 Å². The highest BCUT2D eigenvalue weighted by Crippen LogP contribution is 2.19. The number of nitrogens with one attached hydrogen (secondary N) is 1. The summed E-state index contributed by atoms with van der Waals surface area (Å²) in [6.07, 6.45) is 3.03. The number of ether oxygens (including phenoxy) is 1. The molecule has 0 spiro atoms. The normalized spacial score (nSPS) is 11.8. The van der Waals surface area contributed by atoms with Crippen molar-refractivity contribution in [2.45, 2.75) is 26.5 Å². The van der Waals surface area contributed by atoms with Gasteiger partial charge in [0, 0.05) is 24.0 Å². The average molecular weight is 370 g/mol. The van der Waals surface area contributed by atoms with Gasteiger partial charge in [0.05, 0.1) is 5.69 Å². The van der Waals surface area contributed by atoms with Crippen molar-refractivity contribution in [2.24, 2.45) is 0 Å². The summed E-state index contributed by atoms with van der Waals surface area (Å²) < 4.78 is 7.65. The maximum atomic E-state index is 12.4. The second-order valence-electron chi connectivity index (χ2n) is 5.91. The molecule has 1 amide bonds. The van der Waals surface area contributed by atoms with Crippen LogP contribution in [0, 0.1) is 6.92 Å². The van der Waals surface area contributed by atoms with Crippen molar-refractivity contribution in [1.82, 2.24) is 14.9 Å². The zero-order chi connectivity index (χ0) is 18.5. The van der Waals surface area contributed by atoms with E-state index in [4.69, 9.17) is 16.3 Å². The topological polar surface area (TPSA) is 56.2 Å². The zero-order valence-corrected chi connectivity index (χ0v) is 15.4. The van der Waals surface area contributed by atoms with E-state index in [0.717, 1.165) is 17.1 Å². The van der Waals surface area contributed by atoms with E-state index in [-0.39, 0.29) is 5.91 Å². The summed E-state index contributed by atoms with van der Waals surface area (Å²) in [5.41, 5.74) is 1.99. The molecular formula is C20H20ClN3O2. The van der Waals surface area contributed by atoms with Gasteiger partial charge < -0.3 is 14.6 Å². The first-order chi connectivity index (χ1) is 12.5. The van der Waals surface area contributed by atoms with Crippen LogP contribution < -0.4 is 10.1 Å². The number of carbonyl (C=O) groups excluding carboxylic acids is 1. The maximum absolute atomic E-state index is 12.4. The molecule has 0 radical (unpaired) electrons. The van der Waals surface area contributed by atoms with Crippen LogP contribution in [0.5, 0.6) is 5.75 Å². The third-order valence-corrected chi connectivity index (χ3v) is 4.24. The van der Waals surface area contributed by atoms with Crippen LogP contribution >= 0.6 is 11.6 Å². The molecule has 6 heteroatoms. The molecule has 1 unspecified atom stereocenters. The third-order valence-electron chi connectivity index (χ3n) is 4.01. The number of aryl methyl sites for hydroxylation is 1. The molecule has 1 N–H and O–H groups in total. The van der Waals surface area contributed by atoms with Crippen molar-refractivity contribution in [3.05, 3.63) is 77.3 Å². The monoisotopic (exact) mass is 369 g/mol. The van der Waals surface area contributed by atoms with Crippen LogP contribution in [0.4, 0.5) is 0 Å². The molecule has 0 aliphatic carbocycles. The SMILES string of the molecule is Cc1nccn1-c1ccccc1CNC(=O)C(C)Oc1cccc(Cl)c1. The lowest BCUT2D eigenvalue weighted by Crippen LogP contribution is -2.36. The summed E-state index contributed by atoms with van der Waals surface area (Å²) in [5, 5.41) is 3.49. The van der Waals surface area contributed by atoms with Crippen molar-refractivity contribution in [2.75, 3.05) is 0 Å². The van der Waals surface area contributed by atoms with Gasteiger partial charge in [-0.2, -0.15) is 0 Å². The molecule has 1 atom stereocenters. The van der Waals surface area contributed by atoms with E-state index in [2.05, 4.69) is 10.3 Å². The predicted octanol–water partition coefficient (Wildman–Crippen LogP) is 3.92. The number of halogens is 1. The zero-order valence-electron chi connectivity index (χ0n) is 14.6. The van der Waals surface area contributed by atoms with E-state index >= 15 is 0 Å². The van der Waals surface area contributed by atoms with Crippen LogP contribution in [0.1, 0.15) is 18.3 Å². The van der Waals surface area contributed by atoms with Crippen molar-refractivity contribution in [1.29, 1.82) is 0 Å². The molecule has 0 aliphatic rings. The number of hydrogen-bond donors (Lipinski definition) is 1. The molecule has 2 aromatic carbocycles. The molecule has 26 heavy (non-hydrogen) atoms. The smallest absolute Gasteiger partial charge is 0.261 e. The average Bonchev–Trinajstić information content (AvgIpc) is 3.05. The lowest BCUT2D eigenvalue weighted by atomic mass is 10.1. The van der Waals surface area contributed by atoms with Crippen LogP contribution in [0.3, 0.4) is 0 Å². The van der Waals surface area contributed by atoms with E-state index in [1.807, 2.05) is 42.0 Å². The van der Waals surface area contributed by atoms with Gasteiger partial charge in [-0.3, -0.25) is 4.79 Å².